The van der Waals surface area contributed by atoms with Crippen molar-refractivity contribution in [2.45, 2.75) is 13.0 Å². The summed E-state index contributed by atoms with van der Waals surface area (Å²) in [4.78, 5) is 29.3. The lowest BCUT2D eigenvalue weighted by atomic mass is 9.95. The third-order valence-corrected chi connectivity index (χ3v) is 6.08. The highest BCUT2D eigenvalue weighted by molar-refractivity contribution is 9.10. The van der Waals surface area contributed by atoms with E-state index in [1.807, 2.05) is 44.1 Å². The summed E-state index contributed by atoms with van der Waals surface area (Å²) in [5, 5.41) is 11.1. The van der Waals surface area contributed by atoms with Crippen LogP contribution in [0.15, 0.2) is 52.5 Å². The summed E-state index contributed by atoms with van der Waals surface area (Å²) in [6.07, 6.45) is 0. The van der Waals surface area contributed by atoms with E-state index in [2.05, 4.69) is 15.9 Å². The summed E-state index contributed by atoms with van der Waals surface area (Å²) in [7, 11) is 5.39. The maximum atomic E-state index is 13.0. The Morgan fingerprint density at radius 2 is 1.83 bits per heavy atom. The second-order valence-electron chi connectivity index (χ2n) is 7.53. The molecule has 2 aromatic carbocycles. The highest BCUT2D eigenvalue weighted by Crippen LogP contribution is 2.40. The molecule has 0 saturated carbocycles. The predicted octanol–water partition coefficient (Wildman–Crippen LogP) is 3.75. The van der Waals surface area contributed by atoms with Gasteiger partial charge in [-0.1, -0.05) is 34.1 Å². The van der Waals surface area contributed by atoms with Crippen LogP contribution in [0.2, 0.25) is 0 Å². The molecule has 0 bridgehead atoms. The molecular formula is C23H25BrN2O4. The quantitative estimate of drug-likeness (QED) is 0.393. The van der Waals surface area contributed by atoms with Gasteiger partial charge >= 0.3 is 0 Å². The molecule has 1 N–H and O–H groups in total. The number of ether oxygens (including phenoxy) is 1. The molecule has 6 nitrogen and oxygen atoms in total. The topological polar surface area (TPSA) is 70.1 Å². The number of halogens is 1. The number of carbonyl (C=O) groups is 2. The van der Waals surface area contributed by atoms with Gasteiger partial charge in [0.25, 0.3) is 11.7 Å². The number of benzene rings is 2. The summed E-state index contributed by atoms with van der Waals surface area (Å²) in [6, 6.07) is 11.9. The van der Waals surface area contributed by atoms with Crippen LogP contribution in [0.4, 0.5) is 0 Å². The number of methoxy groups -OCH3 is 1. The van der Waals surface area contributed by atoms with Crippen molar-refractivity contribution in [3.63, 3.8) is 0 Å². The van der Waals surface area contributed by atoms with Gasteiger partial charge in [-0.05, 0) is 56.4 Å². The number of hydrogen-bond donors (Lipinski definition) is 1. The molecule has 2 aromatic rings. The average Bonchev–Trinajstić information content (AvgIpc) is 2.98. The van der Waals surface area contributed by atoms with E-state index in [1.165, 1.54) is 4.90 Å². The molecule has 1 saturated heterocycles. The van der Waals surface area contributed by atoms with Gasteiger partial charge in [0.2, 0.25) is 0 Å². The Balaban J connectivity index is 2.14. The van der Waals surface area contributed by atoms with Crippen LogP contribution in [0.3, 0.4) is 0 Å². The van der Waals surface area contributed by atoms with Gasteiger partial charge in [0.1, 0.15) is 11.5 Å². The van der Waals surface area contributed by atoms with E-state index in [9.17, 15) is 14.7 Å². The van der Waals surface area contributed by atoms with Gasteiger partial charge in [-0.2, -0.15) is 0 Å². The van der Waals surface area contributed by atoms with E-state index in [4.69, 9.17) is 4.74 Å². The minimum Gasteiger partial charge on any atom is -0.507 e. The number of aliphatic hydroxyl groups is 1. The molecule has 0 radical (unpaired) electrons. The summed E-state index contributed by atoms with van der Waals surface area (Å²) in [6.45, 7) is 2.86. The Morgan fingerprint density at radius 1 is 1.17 bits per heavy atom. The standard InChI is InChI=1S/C23H25BrN2O4/c1-14-13-16(7-10-18(14)24)21(27)19-20(15-5-8-17(30-4)9-6-15)26(12-11-25(2)3)23(29)22(19)28/h5-10,13,20,27H,11-12H2,1-4H3/b21-19-. The maximum absolute atomic E-state index is 13.0. The number of rotatable bonds is 6. The van der Waals surface area contributed by atoms with Crippen molar-refractivity contribution >= 4 is 33.4 Å². The van der Waals surface area contributed by atoms with Gasteiger partial charge in [0.15, 0.2) is 0 Å². The van der Waals surface area contributed by atoms with Crippen molar-refractivity contribution in [1.29, 1.82) is 0 Å². The highest BCUT2D eigenvalue weighted by atomic mass is 79.9. The van der Waals surface area contributed by atoms with Crippen LogP contribution in [0, 0.1) is 6.92 Å². The fourth-order valence-corrected chi connectivity index (χ4v) is 3.75. The van der Waals surface area contributed by atoms with Crippen molar-refractivity contribution in [2.24, 2.45) is 0 Å². The number of aryl methyl sites for hydroxylation is 1. The molecule has 1 atom stereocenters. The maximum Gasteiger partial charge on any atom is 0.295 e. The van der Waals surface area contributed by atoms with Gasteiger partial charge in [-0.25, -0.2) is 0 Å². The first kappa shape index (κ1) is 22.1. The molecule has 0 spiro atoms. The molecule has 0 aliphatic carbocycles. The third-order valence-electron chi connectivity index (χ3n) is 5.19. The molecule has 30 heavy (non-hydrogen) atoms. The van der Waals surface area contributed by atoms with E-state index < -0.39 is 17.7 Å². The van der Waals surface area contributed by atoms with E-state index in [1.54, 1.807) is 31.4 Å². The summed E-state index contributed by atoms with van der Waals surface area (Å²) < 4.78 is 6.13. The number of nitrogens with zero attached hydrogens (tertiary/aromatic N) is 2. The fraction of sp³-hybridized carbons (Fsp3) is 0.304. The van der Waals surface area contributed by atoms with Gasteiger partial charge in [-0.15, -0.1) is 0 Å². The smallest absolute Gasteiger partial charge is 0.295 e. The zero-order valence-electron chi connectivity index (χ0n) is 17.5. The van der Waals surface area contributed by atoms with Crippen LogP contribution < -0.4 is 4.74 Å². The Hall–Kier alpha value is -2.64. The molecule has 0 aromatic heterocycles. The summed E-state index contributed by atoms with van der Waals surface area (Å²) in [5.74, 6) is -0.773. The number of likely N-dealkylation sites (N-methyl/N-ethyl adjacent to an activating group) is 1. The Morgan fingerprint density at radius 3 is 2.40 bits per heavy atom. The van der Waals surface area contributed by atoms with Gasteiger partial charge < -0.3 is 19.6 Å². The minimum atomic E-state index is -0.673. The second-order valence-corrected chi connectivity index (χ2v) is 8.39. The first-order valence-electron chi connectivity index (χ1n) is 9.58. The zero-order chi connectivity index (χ0) is 22.0. The SMILES string of the molecule is COc1ccc(C2/C(=C(/O)c3ccc(Br)c(C)c3)C(=O)C(=O)N2CCN(C)C)cc1. The molecular weight excluding hydrogens is 448 g/mol. The molecule has 1 amide bonds. The van der Waals surface area contributed by atoms with E-state index in [-0.39, 0.29) is 11.3 Å². The molecule has 1 aliphatic rings. The predicted molar refractivity (Wildman–Crippen MR) is 119 cm³/mol. The van der Waals surface area contributed by atoms with Crippen molar-refractivity contribution in [3.05, 3.63) is 69.2 Å². The molecule has 1 heterocycles. The Kier molecular flexibility index (Phi) is 6.63. The molecule has 158 valence electrons. The van der Waals surface area contributed by atoms with Gasteiger partial charge in [0.05, 0.1) is 18.7 Å². The second kappa shape index (κ2) is 9.02. The number of carbonyl (C=O) groups excluding carboxylic acids is 2. The van der Waals surface area contributed by atoms with E-state index in [0.717, 1.165) is 15.6 Å². The molecule has 7 heteroatoms. The largest absolute Gasteiger partial charge is 0.507 e. The molecule has 3 rings (SSSR count). The Bertz CT molecular complexity index is 999. The van der Waals surface area contributed by atoms with Crippen LogP contribution in [0.1, 0.15) is 22.7 Å². The number of amides is 1. The molecule has 1 aliphatic heterocycles. The average molecular weight is 473 g/mol. The van der Waals surface area contributed by atoms with Crippen LogP contribution >= 0.6 is 15.9 Å². The Labute approximate surface area is 184 Å². The van der Waals surface area contributed by atoms with Crippen LogP contribution in [-0.2, 0) is 9.59 Å². The van der Waals surface area contributed by atoms with Crippen molar-refractivity contribution in [3.8, 4) is 5.75 Å². The van der Waals surface area contributed by atoms with E-state index in [0.29, 0.717) is 24.4 Å². The lowest BCUT2D eigenvalue weighted by Crippen LogP contribution is -2.35. The normalized spacial score (nSPS) is 18.3. The highest BCUT2D eigenvalue weighted by Gasteiger charge is 2.45. The zero-order valence-corrected chi connectivity index (χ0v) is 19.1. The lowest BCUT2D eigenvalue weighted by Gasteiger charge is -2.26. The number of ketones is 1. The first-order chi connectivity index (χ1) is 14.2. The number of likely N-dealkylation sites (tertiary alicyclic amines) is 1. The summed E-state index contributed by atoms with van der Waals surface area (Å²) in [5.41, 5.74) is 2.26. The monoisotopic (exact) mass is 472 g/mol. The summed E-state index contributed by atoms with van der Waals surface area (Å²) >= 11 is 3.45. The van der Waals surface area contributed by atoms with Crippen molar-refractivity contribution in [1.82, 2.24) is 9.80 Å². The number of aliphatic hydroxyl groups excluding tert-OH is 1. The third kappa shape index (κ3) is 4.27. The van der Waals surface area contributed by atoms with E-state index >= 15 is 0 Å². The first-order valence-corrected chi connectivity index (χ1v) is 10.4. The number of hydrogen-bond acceptors (Lipinski definition) is 5. The molecule has 1 unspecified atom stereocenters. The van der Waals surface area contributed by atoms with Crippen molar-refractivity contribution < 1.29 is 19.4 Å². The minimum absolute atomic E-state index is 0.102. The van der Waals surface area contributed by atoms with Crippen LogP contribution in [0.5, 0.6) is 5.75 Å². The van der Waals surface area contributed by atoms with Crippen LogP contribution in [0.25, 0.3) is 5.76 Å². The van der Waals surface area contributed by atoms with Crippen molar-refractivity contribution in [2.75, 3.05) is 34.3 Å². The molecule has 1 fully saturated rings. The fourth-order valence-electron chi connectivity index (χ4n) is 3.50. The van der Waals surface area contributed by atoms with Crippen LogP contribution in [-0.4, -0.2) is 60.9 Å². The van der Waals surface area contributed by atoms with Gasteiger partial charge in [0, 0.05) is 23.1 Å². The number of Topliss-reactive ketones (excluding diaryl/α,β-unsaturated/α-hetero) is 1. The van der Waals surface area contributed by atoms with Gasteiger partial charge in [-0.3, -0.25) is 9.59 Å². The lowest BCUT2D eigenvalue weighted by molar-refractivity contribution is -0.140.